The predicted octanol–water partition coefficient (Wildman–Crippen LogP) is 3.62. The third kappa shape index (κ3) is 3.89. The molecule has 0 aliphatic carbocycles. The van der Waals surface area contributed by atoms with Crippen molar-refractivity contribution < 1.29 is 4.79 Å². The molecule has 25 heavy (non-hydrogen) atoms. The van der Waals surface area contributed by atoms with Gasteiger partial charge in [-0.3, -0.25) is 9.36 Å². The van der Waals surface area contributed by atoms with Gasteiger partial charge in [-0.05, 0) is 51.2 Å². The number of aryl methyl sites for hydroxylation is 2. The zero-order valence-corrected chi connectivity index (χ0v) is 16.2. The van der Waals surface area contributed by atoms with Crippen molar-refractivity contribution in [2.24, 2.45) is 5.92 Å². The van der Waals surface area contributed by atoms with Crippen LogP contribution >= 0.6 is 11.8 Å². The number of hydrogen-bond acceptors (Lipinski definition) is 4. The lowest BCUT2D eigenvalue weighted by Crippen LogP contribution is -2.41. The topological polar surface area (TPSA) is 51.0 Å². The minimum Gasteiger partial charge on any atom is -0.342 e. The highest BCUT2D eigenvalue weighted by Crippen LogP contribution is 2.28. The predicted molar refractivity (Wildman–Crippen MR) is 101 cm³/mol. The highest BCUT2D eigenvalue weighted by molar-refractivity contribution is 8.00. The third-order valence-corrected chi connectivity index (χ3v) is 5.91. The second-order valence-corrected chi connectivity index (χ2v) is 8.23. The Bertz CT molecular complexity index is 750. The van der Waals surface area contributed by atoms with Crippen LogP contribution in [-0.2, 0) is 4.79 Å². The van der Waals surface area contributed by atoms with Crippen LogP contribution in [0.25, 0.3) is 5.69 Å². The van der Waals surface area contributed by atoms with Crippen molar-refractivity contribution in [1.82, 2.24) is 19.7 Å². The molecule has 6 heteroatoms. The number of para-hydroxylation sites is 1. The van der Waals surface area contributed by atoms with E-state index in [-0.39, 0.29) is 11.2 Å². The first kappa shape index (κ1) is 18.0. The lowest BCUT2D eigenvalue weighted by Gasteiger charge is -2.32. The molecule has 2 heterocycles. The maximum Gasteiger partial charge on any atom is 0.235 e. The Labute approximate surface area is 153 Å². The fourth-order valence-corrected chi connectivity index (χ4v) is 4.20. The normalized spacial score (nSPS) is 16.9. The Morgan fingerprint density at radius 2 is 1.88 bits per heavy atom. The van der Waals surface area contributed by atoms with E-state index < -0.39 is 0 Å². The molecule has 1 aromatic carbocycles. The van der Waals surface area contributed by atoms with E-state index in [1.807, 2.05) is 35.4 Å². The number of hydrogen-bond donors (Lipinski definition) is 0. The molecule has 1 aliphatic heterocycles. The van der Waals surface area contributed by atoms with Gasteiger partial charge in [0.05, 0.1) is 10.9 Å². The maximum atomic E-state index is 12.8. The molecule has 5 nitrogen and oxygen atoms in total. The summed E-state index contributed by atoms with van der Waals surface area (Å²) in [5.41, 5.74) is 2.23. The van der Waals surface area contributed by atoms with Crippen LogP contribution in [0, 0.1) is 19.8 Å². The number of piperidine rings is 1. The Balaban J connectivity index is 1.77. The van der Waals surface area contributed by atoms with Gasteiger partial charge in [-0.2, -0.15) is 0 Å². The zero-order chi connectivity index (χ0) is 18.0. The summed E-state index contributed by atoms with van der Waals surface area (Å²) in [5.74, 6) is 1.76. The third-order valence-electron chi connectivity index (χ3n) is 4.88. The van der Waals surface area contributed by atoms with Crippen molar-refractivity contribution in [3.05, 3.63) is 35.7 Å². The van der Waals surface area contributed by atoms with E-state index in [0.717, 1.165) is 54.1 Å². The summed E-state index contributed by atoms with van der Waals surface area (Å²) in [6.45, 7) is 9.99. The minimum absolute atomic E-state index is 0.167. The molecule has 0 radical (unpaired) electrons. The summed E-state index contributed by atoms with van der Waals surface area (Å²) in [5, 5.41) is 9.16. The van der Waals surface area contributed by atoms with Crippen molar-refractivity contribution in [3.63, 3.8) is 0 Å². The van der Waals surface area contributed by atoms with Gasteiger partial charge in [0, 0.05) is 13.1 Å². The molecule has 2 aromatic rings. The SMILES string of the molecule is Cc1ccccc1-n1c(C)nnc1SC(C)C(=O)N1CCC(C)CC1. The number of aromatic nitrogens is 3. The average molecular weight is 359 g/mol. The van der Waals surface area contributed by atoms with E-state index in [2.05, 4.69) is 36.2 Å². The van der Waals surface area contributed by atoms with Crippen LogP contribution in [0.5, 0.6) is 0 Å². The summed E-state index contributed by atoms with van der Waals surface area (Å²) in [7, 11) is 0. The largest absolute Gasteiger partial charge is 0.342 e. The van der Waals surface area contributed by atoms with Gasteiger partial charge >= 0.3 is 0 Å². The monoisotopic (exact) mass is 358 g/mol. The van der Waals surface area contributed by atoms with Crippen molar-refractivity contribution in [1.29, 1.82) is 0 Å². The molecule has 3 rings (SSSR count). The van der Waals surface area contributed by atoms with E-state index in [0.29, 0.717) is 0 Å². The first-order valence-corrected chi connectivity index (χ1v) is 9.78. The van der Waals surface area contributed by atoms with Crippen LogP contribution in [0.3, 0.4) is 0 Å². The summed E-state index contributed by atoms with van der Waals surface area (Å²) < 4.78 is 2.04. The Morgan fingerprint density at radius 3 is 2.56 bits per heavy atom. The van der Waals surface area contributed by atoms with Gasteiger partial charge in [0.2, 0.25) is 5.91 Å². The summed E-state index contributed by atoms with van der Waals surface area (Å²) >= 11 is 1.50. The van der Waals surface area contributed by atoms with E-state index >= 15 is 0 Å². The standard InChI is InChI=1S/C19H26N4OS/c1-13-9-11-22(12-10-13)18(24)15(3)25-19-21-20-16(4)23(19)17-8-6-5-7-14(17)2/h5-8,13,15H,9-12H2,1-4H3. The number of carbonyl (C=O) groups is 1. The minimum atomic E-state index is -0.167. The fraction of sp³-hybridized carbons (Fsp3) is 0.526. The number of nitrogens with zero attached hydrogens (tertiary/aromatic N) is 4. The molecule has 1 amide bonds. The number of carbonyl (C=O) groups excluding carboxylic acids is 1. The van der Waals surface area contributed by atoms with Gasteiger partial charge in [0.25, 0.3) is 0 Å². The Morgan fingerprint density at radius 1 is 1.20 bits per heavy atom. The van der Waals surface area contributed by atoms with Gasteiger partial charge < -0.3 is 4.90 Å². The second-order valence-electron chi connectivity index (χ2n) is 6.92. The Kier molecular flexibility index (Phi) is 5.47. The molecule has 1 unspecified atom stereocenters. The quantitative estimate of drug-likeness (QED) is 0.783. The second kappa shape index (κ2) is 7.60. The van der Waals surface area contributed by atoms with Gasteiger partial charge in [0.15, 0.2) is 5.16 Å². The molecule has 1 atom stereocenters. The van der Waals surface area contributed by atoms with E-state index in [1.165, 1.54) is 11.8 Å². The zero-order valence-electron chi connectivity index (χ0n) is 15.4. The van der Waals surface area contributed by atoms with Crippen molar-refractivity contribution >= 4 is 17.7 Å². The molecule has 1 fully saturated rings. The number of rotatable bonds is 4. The van der Waals surface area contributed by atoms with E-state index in [9.17, 15) is 4.79 Å². The van der Waals surface area contributed by atoms with Crippen LogP contribution < -0.4 is 0 Å². The highest BCUT2D eigenvalue weighted by atomic mass is 32.2. The van der Waals surface area contributed by atoms with Crippen molar-refractivity contribution in [3.8, 4) is 5.69 Å². The van der Waals surface area contributed by atoms with E-state index in [4.69, 9.17) is 0 Å². The van der Waals surface area contributed by atoms with Gasteiger partial charge in [-0.15, -0.1) is 10.2 Å². The molecule has 0 spiro atoms. The van der Waals surface area contributed by atoms with Gasteiger partial charge in [-0.25, -0.2) is 0 Å². The summed E-state index contributed by atoms with van der Waals surface area (Å²) in [6.07, 6.45) is 2.20. The molecule has 134 valence electrons. The smallest absolute Gasteiger partial charge is 0.235 e. The molecule has 1 aromatic heterocycles. The average Bonchev–Trinajstić information content (AvgIpc) is 2.96. The molecule has 0 saturated carbocycles. The summed E-state index contributed by atoms with van der Waals surface area (Å²) in [6, 6.07) is 8.18. The highest BCUT2D eigenvalue weighted by Gasteiger charge is 2.27. The molecular weight excluding hydrogens is 332 g/mol. The lowest BCUT2D eigenvalue weighted by molar-refractivity contribution is -0.131. The van der Waals surface area contributed by atoms with Crippen LogP contribution in [0.2, 0.25) is 0 Å². The molecule has 1 aliphatic rings. The maximum absolute atomic E-state index is 12.8. The number of likely N-dealkylation sites (tertiary alicyclic amines) is 1. The number of benzene rings is 1. The van der Waals surface area contributed by atoms with Crippen LogP contribution in [0.15, 0.2) is 29.4 Å². The Hall–Kier alpha value is -1.82. The van der Waals surface area contributed by atoms with Crippen LogP contribution in [0.4, 0.5) is 0 Å². The number of thioether (sulfide) groups is 1. The molecule has 0 bridgehead atoms. The molecule has 0 N–H and O–H groups in total. The first-order valence-electron chi connectivity index (χ1n) is 8.91. The van der Waals surface area contributed by atoms with Gasteiger partial charge in [-0.1, -0.05) is 36.9 Å². The molecule has 1 saturated heterocycles. The van der Waals surface area contributed by atoms with Crippen molar-refractivity contribution in [2.75, 3.05) is 13.1 Å². The first-order chi connectivity index (χ1) is 12.0. The van der Waals surface area contributed by atoms with Crippen LogP contribution in [0.1, 0.15) is 38.1 Å². The van der Waals surface area contributed by atoms with Crippen molar-refractivity contribution in [2.45, 2.75) is 50.9 Å². The number of amides is 1. The van der Waals surface area contributed by atoms with Gasteiger partial charge in [0.1, 0.15) is 5.82 Å². The lowest BCUT2D eigenvalue weighted by atomic mass is 9.99. The van der Waals surface area contributed by atoms with E-state index in [1.54, 1.807) is 0 Å². The van der Waals surface area contributed by atoms with Crippen LogP contribution in [-0.4, -0.2) is 43.9 Å². The summed E-state index contributed by atoms with van der Waals surface area (Å²) in [4.78, 5) is 14.8. The molecular formula is C19H26N4OS. The fourth-order valence-electron chi connectivity index (χ4n) is 3.21.